The van der Waals surface area contributed by atoms with Gasteiger partial charge in [0.05, 0.1) is 15.9 Å². The quantitative estimate of drug-likeness (QED) is 0.767. The molecule has 1 fully saturated rings. The normalized spacial score (nSPS) is 18.8. The molecule has 2 rings (SSSR count). The van der Waals surface area contributed by atoms with Crippen molar-refractivity contribution in [3.63, 3.8) is 0 Å². The molecule has 0 saturated carbocycles. The van der Waals surface area contributed by atoms with Crippen LogP contribution in [0.15, 0.2) is 4.47 Å². The zero-order chi connectivity index (χ0) is 12.4. The van der Waals surface area contributed by atoms with E-state index in [1.807, 2.05) is 0 Å². The molecular formula is C12H19Br2N3. The van der Waals surface area contributed by atoms with Gasteiger partial charge in [-0.25, -0.2) is 0 Å². The van der Waals surface area contributed by atoms with E-state index in [0.717, 1.165) is 18.8 Å². The standard InChI is InChI=1S/C12H19Br2N3/c1-3-17-11(12(14)9(2)15-17)8-16-6-4-10(13)5-7-16/h10H,3-8H2,1-2H3. The Morgan fingerprint density at radius 1 is 1.35 bits per heavy atom. The maximum atomic E-state index is 4.54. The molecule has 0 radical (unpaired) electrons. The first-order chi connectivity index (χ1) is 8.11. The third kappa shape index (κ3) is 3.12. The van der Waals surface area contributed by atoms with Crippen LogP contribution in [0.2, 0.25) is 0 Å². The molecule has 1 aromatic rings. The molecule has 0 aromatic carbocycles. The van der Waals surface area contributed by atoms with Gasteiger partial charge in [0.15, 0.2) is 0 Å². The largest absolute Gasteiger partial charge is 0.297 e. The molecule has 0 spiro atoms. The van der Waals surface area contributed by atoms with Gasteiger partial charge in [-0.15, -0.1) is 0 Å². The lowest BCUT2D eigenvalue weighted by atomic mass is 10.1. The fourth-order valence-corrected chi connectivity index (χ4v) is 3.11. The molecule has 1 aliphatic heterocycles. The summed E-state index contributed by atoms with van der Waals surface area (Å²) in [5, 5.41) is 4.54. The predicted molar refractivity (Wildman–Crippen MR) is 77.6 cm³/mol. The van der Waals surface area contributed by atoms with Gasteiger partial charge in [-0.05, 0) is 55.7 Å². The molecule has 0 bridgehead atoms. The summed E-state index contributed by atoms with van der Waals surface area (Å²) in [6, 6.07) is 0. The summed E-state index contributed by atoms with van der Waals surface area (Å²) in [5.41, 5.74) is 2.41. The lowest BCUT2D eigenvalue weighted by molar-refractivity contribution is 0.219. The van der Waals surface area contributed by atoms with Gasteiger partial charge in [0, 0.05) is 17.9 Å². The lowest BCUT2D eigenvalue weighted by Crippen LogP contribution is -2.34. The predicted octanol–water partition coefficient (Wildman–Crippen LogP) is 3.33. The number of halogens is 2. The summed E-state index contributed by atoms with van der Waals surface area (Å²) in [5.74, 6) is 0. The molecule has 2 heterocycles. The summed E-state index contributed by atoms with van der Waals surface area (Å²) < 4.78 is 3.29. The van der Waals surface area contributed by atoms with Crippen molar-refractivity contribution >= 4 is 31.9 Å². The van der Waals surface area contributed by atoms with Crippen molar-refractivity contribution in [3.8, 4) is 0 Å². The lowest BCUT2D eigenvalue weighted by Gasteiger charge is -2.29. The molecule has 0 aliphatic carbocycles. The van der Waals surface area contributed by atoms with E-state index < -0.39 is 0 Å². The molecule has 0 amide bonds. The minimum atomic E-state index is 0.708. The number of piperidine rings is 1. The summed E-state index contributed by atoms with van der Waals surface area (Å²) in [7, 11) is 0. The number of nitrogens with zero attached hydrogens (tertiary/aromatic N) is 3. The van der Waals surface area contributed by atoms with E-state index in [1.165, 1.54) is 36.1 Å². The van der Waals surface area contributed by atoms with Gasteiger partial charge in [0.25, 0.3) is 0 Å². The zero-order valence-corrected chi connectivity index (χ0v) is 13.6. The highest BCUT2D eigenvalue weighted by Gasteiger charge is 2.20. The minimum Gasteiger partial charge on any atom is -0.297 e. The molecule has 0 unspecified atom stereocenters. The van der Waals surface area contributed by atoms with Gasteiger partial charge in [-0.3, -0.25) is 9.58 Å². The van der Waals surface area contributed by atoms with Crippen LogP contribution >= 0.6 is 31.9 Å². The Labute approximate surface area is 120 Å². The van der Waals surface area contributed by atoms with Crippen LogP contribution < -0.4 is 0 Å². The van der Waals surface area contributed by atoms with Crippen molar-refractivity contribution in [2.45, 2.75) is 44.6 Å². The number of alkyl halides is 1. The van der Waals surface area contributed by atoms with Gasteiger partial charge in [0.1, 0.15) is 0 Å². The van der Waals surface area contributed by atoms with Gasteiger partial charge in [-0.2, -0.15) is 5.10 Å². The smallest absolute Gasteiger partial charge is 0.0739 e. The summed E-state index contributed by atoms with van der Waals surface area (Å²) in [6.45, 7) is 8.51. The van der Waals surface area contributed by atoms with E-state index >= 15 is 0 Å². The minimum absolute atomic E-state index is 0.708. The van der Waals surface area contributed by atoms with Crippen LogP contribution in [0.3, 0.4) is 0 Å². The molecule has 96 valence electrons. The molecule has 1 aliphatic rings. The second-order valence-corrected chi connectivity index (χ2v) is 6.70. The Hall–Kier alpha value is 0.130. The van der Waals surface area contributed by atoms with Crippen LogP contribution in [-0.4, -0.2) is 32.6 Å². The maximum absolute atomic E-state index is 4.54. The summed E-state index contributed by atoms with van der Waals surface area (Å²) >= 11 is 7.36. The molecule has 1 aromatic heterocycles. The van der Waals surface area contributed by atoms with E-state index in [4.69, 9.17) is 0 Å². The van der Waals surface area contributed by atoms with E-state index in [0.29, 0.717) is 4.83 Å². The van der Waals surface area contributed by atoms with Gasteiger partial charge < -0.3 is 0 Å². The van der Waals surface area contributed by atoms with Crippen LogP contribution in [0.4, 0.5) is 0 Å². The number of aromatic nitrogens is 2. The molecule has 1 saturated heterocycles. The van der Waals surface area contributed by atoms with E-state index in [2.05, 4.69) is 60.4 Å². The highest BCUT2D eigenvalue weighted by Crippen LogP contribution is 2.25. The maximum Gasteiger partial charge on any atom is 0.0739 e. The van der Waals surface area contributed by atoms with Crippen molar-refractivity contribution < 1.29 is 0 Å². The Morgan fingerprint density at radius 2 is 2.00 bits per heavy atom. The van der Waals surface area contributed by atoms with Crippen molar-refractivity contribution in [3.05, 3.63) is 15.9 Å². The first-order valence-corrected chi connectivity index (χ1v) is 7.91. The Morgan fingerprint density at radius 3 is 2.59 bits per heavy atom. The summed E-state index contributed by atoms with van der Waals surface area (Å²) in [6.07, 6.45) is 2.49. The van der Waals surface area contributed by atoms with Crippen molar-refractivity contribution in [2.75, 3.05) is 13.1 Å². The molecule has 3 nitrogen and oxygen atoms in total. The average Bonchev–Trinajstić information content (AvgIpc) is 2.59. The highest BCUT2D eigenvalue weighted by molar-refractivity contribution is 9.10. The second-order valence-electron chi connectivity index (χ2n) is 4.61. The summed E-state index contributed by atoms with van der Waals surface area (Å²) in [4.78, 5) is 3.23. The molecule has 17 heavy (non-hydrogen) atoms. The van der Waals surface area contributed by atoms with Crippen molar-refractivity contribution in [1.29, 1.82) is 0 Å². The molecular weight excluding hydrogens is 346 g/mol. The van der Waals surface area contributed by atoms with Crippen molar-refractivity contribution in [1.82, 2.24) is 14.7 Å². The fourth-order valence-electron chi connectivity index (χ4n) is 2.29. The first-order valence-electron chi connectivity index (χ1n) is 6.20. The number of aryl methyl sites for hydroxylation is 2. The Balaban J connectivity index is 2.07. The second kappa shape index (κ2) is 5.85. The van der Waals surface area contributed by atoms with Crippen LogP contribution in [0.5, 0.6) is 0 Å². The molecule has 0 N–H and O–H groups in total. The van der Waals surface area contributed by atoms with E-state index in [9.17, 15) is 0 Å². The van der Waals surface area contributed by atoms with Crippen LogP contribution in [-0.2, 0) is 13.1 Å². The van der Waals surface area contributed by atoms with E-state index in [-0.39, 0.29) is 0 Å². The van der Waals surface area contributed by atoms with E-state index in [1.54, 1.807) is 0 Å². The molecule has 5 heteroatoms. The third-order valence-electron chi connectivity index (χ3n) is 3.34. The van der Waals surface area contributed by atoms with Gasteiger partial charge in [-0.1, -0.05) is 15.9 Å². The molecule has 0 atom stereocenters. The van der Waals surface area contributed by atoms with Crippen LogP contribution in [0.1, 0.15) is 31.2 Å². The van der Waals surface area contributed by atoms with Crippen molar-refractivity contribution in [2.24, 2.45) is 0 Å². The van der Waals surface area contributed by atoms with Crippen LogP contribution in [0, 0.1) is 6.92 Å². The number of likely N-dealkylation sites (tertiary alicyclic amines) is 1. The fraction of sp³-hybridized carbons (Fsp3) is 0.750. The number of hydrogen-bond donors (Lipinski definition) is 0. The Bertz CT molecular complexity index is 381. The van der Waals surface area contributed by atoms with Gasteiger partial charge >= 0.3 is 0 Å². The third-order valence-corrected chi connectivity index (χ3v) is 5.29. The number of rotatable bonds is 3. The topological polar surface area (TPSA) is 21.1 Å². The number of hydrogen-bond acceptors (Lipinski definition) is 2. The Kier molecular flexibility index (Phi) is 4.66. The monoisotopic (exact) mass is 363 g/mol. The first kappa shape index (κ1) is 13.6. The zero-order valence-electron chi connectivity index (χ0n) is 10.4. The highest BCUT2D eigenvalue weighted by atomic mass is 79.9. The average molecular weight is 365 g/mol. The van der Waals surface area contributed by atoms with Crippen LogP contribution in [0.25, 0.3) is 0 Å². The SMILES string of the molecule is CCn1nc(C)c(Br)c1CN1CCC(Br)CC1. The van der Waals surface area contributed by atoms with Gasteiger partial charge in [0.2, 0.25) is 0 Å².